The van der Waals surface area contributed by atoms with Crippen LogP contribution in [0.3, 0.4) is 0 Å². The highest BCUT2D eigenvalue weighted by molar-refractivity contribution is 5.89. The van der Waals surface area contributed by atoms with Crippen molar-refractivity contribution in [2.75, 3.05) is 6.61 Å². The average molecular weight is 333 g/mol. The van der Waals surface area contributed by atoms with Gasteiger partial charge in [-0.15, -0.1) is 0 Å². The molecule has 0 unspecified atom stereocenters. The quantitative estimate of drug-likeness (QED) is 0.807. The molecule has 7 heteroatoms. The van der Waals surface area contributed by atoms with Gasteiger partial charge in [0.15, 0.2) is 6.61 Å². The lowest BCUT2D eigenvalue weighted by Crippen LogP contribution is -2.40. The maximum absolute atomic E-state index is 11.8. The minimum Gasteiger partial charge on any atom is -0.483 e. The molecule has 1 aromatic heterocycles. The lowest BCUT2D eigenvalue weighted by atomic mass is 10.0. The first-order chi connectivity index (χ1) is 11.2. The molecule has 0 bridgehead atoms. The van der Waals surface area contributed by atoms with Gasteiger partial charge in [-0.3, -0.25) is 9.59 Å². The molecule has 0 aliphatic carbocycles. The predicted molar refractivity (Wildman–Crippen MR) is 87.4 cm³/mol. The number of rotatable bonds is 5. The van der Waals surface area contributed by atoms with Crippen molar-refractivity contribution in [3.8, 4) is 5.75 Å². The number of aryl methyl sites for hydroxylation is 2. The number of carbonyl (C=O) groups excluding carboxylic acids is 1. The number of fused-ring (bicyclic) bond motifs is 1. The van der Waals surface area contributed by atoms with Crippen LogP contribution in [-0.4, -0.2) is 29.6 Å². The van der Waals surface area contributed by atoms with Crippen LogP contribution in [0.25, 0.3) is 11.0 Å². The van der Waals surface area contributed by atoms with Crippen LogP contribution >= 0.6 is 0 Å². The standard InChI is InChI=1S/C17H19NO6/c1-8-5-12(23-7-14(19)18-11(4)16(20)21)15-9(2)10(3)17(22)24-13(15)6-8/h5-6,11H,7H2,1-4H3,(H,18,19)(H,20,21)/t11-/m0/s1. The lowest BCUT2D eigenvalue weighted by molar-refractivity contribution is -0.141. The van der Waals surface area contributed by atoms with Crippen LogP contribution < -0.4 is 15.7 Å². The third-order valence-electron chi connectivity index (χ3n) is 3.76. The van der Waals surface area contributed by atoms with Crippen LogP contribution in [0.2, 0.25) is 0 Å². The molecule has 128 valence electrons. The summed E-state index contributed by atoms with van der Waals surface area (Å²) in [5.41, 5.74) is 1.97. The van der Waals surface area contributed by atoms with E-state index in [0.717, 1.165) is 11.1 Å². The third-order valence-corrected chi connectivity index (χ3v) is 3.76. The first kappa shape index (κ1) is 17.5. The second-order valence-corrected chi connectivity index (χ2v) is 5.69. The molecule has 2 aromatic rings. The Bertz CT molecular complexity index is 867. The number of hydrogen-bond acceptors (Lipinski definition) is 5. The van der Waals surface area contributed by atoms with Gasteiger partial charge in [-0.25, -0.2) is 4.79 Å². The third kappa shape index (κ3) is 3.56. The van der Waals surface area contributed by atoms with Gasteiger partial charge in [-0.1, -0.05) is 0 Å². The van der Waals surface area contributed by atoms with Crippen molar-refractivity contribution in [3.05, 3.63) is 39.2 Å². The van der Waals surface area contributed by atoms with Crippen LogP contribution in [0.15, 0.2) is 21.3 Å². The molecule has 2 rings (SSSR count). The van der Waals surface area contributed by atoms with Gasteiger partial charge in [0.05, 0.1) is 5.39 Å². The number of aliphatic carboxylic acids is 1. The van der Waals surface area contributed by atoms with Gasteiger partial charge in [0.25, 0.3) is 5.91 Å². The summed E-state index contributed by atoms with van der Waals surface area (Å²) in [6.45, 7) is 6.28. The lowest BCUT2D eigenvalue weighted by Gasteiger charge is -2.14. The molecule has 0 fully saturated rings. The molecule has 0 spiro atoms. The number of nitrogens with one attached hydrogen (secondary N) is 1. The molecule has 1 atom stereocenters. The fraction of sp³-hybridized carbons (Fsp3) is 0.353. The predicted octanol–water partition coefficient (Wildman–Crippen LogP) is 1.69. The highest BCUT2D eigenvalue weighted by Crippen LogP contribution is 2.30. The molecule has 7 nitrogen and oxygen atoms in total. The van der Waals surface area contributed by atoms with Crippen LogP contribution in [-0.2, 0) is 9.59 Å². The second kappa shape index (κ2) is 6.74. The Morgan fingerprint density at radius 2 is 1.92 bits per heavy atom. The fourth-order valence-corrected chi connectivity index (χ4v) is 2.29. The maximum atomic E-state index is 11.8. The summed E-state index contributed by atoms with van der Waals surface area (Å²) in [6, 6.07) is 2.46. The van der Waals surface area contributed by atoms with Gasteiger partial charge in [0, 0.05) is 5.56 Å². The summed E-state index contributed by atoms with van der Waals surface area (Å²) in [7, 11) is 0. The van der Waals surface area contributed by atoms with E-state index in [1.54, 1.807) is 26.0 Å². The van der Waals surface area contributed by atoms with Gasteiger partial charge >= 0.3 is 11.6 Å². The molecule has 0 aliphatic heterocycles. The molecule has 1 heterocycles. The number of carboxylic acid groups (broad SMARTS) is 1. The van der Waals surface area contributed by atoms with E-state index in [1.807, 2.05) is 6.92 Å². The highest BCUT2D eigenvalue weighted by atomic mass is 16.5. The number of hydrogen-bond donors (Lipinski definition) is 2. The summed E-state index contributed by atoms with van der Waals surface area (Å²) in [6.07, 6.45) is 0. The van der Waals surface area contributed by atoms with Gasteiger partial charge in [-0.2, -0.15) is 0 Å². The zero-order chi connectivity index (χ0) is 18.0. The van der Waals surface area contributed by atoms with Crippen LogP contribution in [0.1, 0.15) is 23.6 Å². The monoisotopic (exact) mass is 333 g/mol. The molecule has 0 radical (unpaired) electrons. The van der Waals surface area contributed by atoms with Crippen molar-refractivity contribution in [1.82, 2.24) is 5.32 Å². The van der Waals surface area contributed by atoms with Crippen LogP contribution in [0.4, 0.5) is 0 Å². The van der Waals surface area contributed by atoms with E-state index in [1.165, 1.54) is 6.92 Å². The molecule has 0 aliphatic rings. The van der Waals surface area contributed by atoms with E-state index in [9.17, 15) is 14.4 Å². The van der Waals surface area contributed by atoms with E-state index in [0.29, 0.717) is 22.3 Å². The minimum atomic E-state index is -1.13. The van der Waals surface area contributed by atoms with E-state index >= 15 is 0 Å². The SMILES string of the molecule is Cc1cc(OCC(=O)N[C@@H](C)C(=O)O)c2c(C)c(C)c(=O)oc2c1. The summed E-state index contributed by atoms with van der Waals surface area (Å²) in [5, 5.41) is 11.7. The topological polar surface area (TPSA) is 106 Å². The summed E-state index contributed by atoms with van der Waals surface area (Å²) in [4.78, 5) is 34.3. The van der Waals surface area contributed by atoms with Crippen LogP contribution in [0, 0.1) is 20.8 Å². The second-order valence-electron chi connectivity index (χ2n) is 5.69. The van der Waals surface area contributed by atoms with Crippen molar-refractivity contribution < 1.29 is 23.8 Å². The normalized spacial score (nSPS) is 12.0. The zero-order valence-corrected chi connectivity index (χ0v) is 13.9. The Morgan fingerprint density at radius 3 is 2.54 bits per heavy atom. The van der Waals surface area contributed by atoms with Gasteiger partial charge < -0.3 is 19.6 Å². The van der Waals surface area contributed by atoms with Gasteiger partial charge in [0.1, 0.15) is 17.4 Å². The van der Waals surface area contributed by atoms with Gasteiger partial charge in [0.2, 0.25) is 0 Å². The molecular formula is C17H19NO6. The number of benzene rings is 1. The van der Waals surface area contributed by atoms with Crippen molar-refractivity contribution >= 4 is 22.8 Å². The van der Waals surface area contributed by atoms with E-state index in [-0.39, 0.29) is 6.61 Å². The number of carbonyl (C=O) groups is 2. The molecule has 0 saturated heterocycles. The smallest absolute Gasteiger partial charge is 0.339 e. The Balaban J connectivity index is 2.32. The summed E-state index contributed by atoms with van der Waals surface area (Å²) >= 11 is 0. The van der Waals surface area contributed by atoms with E-state index in [2.05, 4.69) is 5.32 Å². The molecule has 0 saturated carbocycles. The maximum Gasteiger partial charge on any atom is 0.339 e. The largest absolute Gasteiger partial charge is 0.483 e. The summed E-state index contributed by atoms with van der Waals surface area (Å²) in [5.74, 6) is -1.27. The molecule has 1 amide bonds. The molecule has 2 N–H and O–H groups in total. The first-order valence-corrected chi connectivity index (χ1v) is 7.40. The number of carboxylic acids is 1. The summed E-state index contributed by atoms with van der Waals surface area (Å²) < 4.78 is 10.8. The van der Waals surface area contributed by atoms with Crippen molar-refractivity contribution in [2.45, 2.75) is 33.7 Å². The number of amides is 1. The van der Waals surface area contributed by atoms with E-state index in [4.69, 9.17) is 14.3 Å². The Morgan fingerprint density at radius 1 is 1.25 bits per heavy atom. The highest BCUT2D eigenvalue weighted by Gasteiger charge is 2.17. The number of ether oxygens (including phenoxy) is 1. The molecule has 24 heavy (non-hydrogen) atoms. The van der Waals surface area contributed by atoms with Crippen molar-refractivity contribution in [2.24, 2.45) is 0 Å². The average Bonchev–Trinajstić information content (AvgIpc) is 2.49. The van der Waals surface area contributed by atoms with Crippen molar-refractivity contribution in [3.63, 3.8) is 0 Å². The molecular weight excluding hydrogens is 314 g/mol. The molecule has 1 aromatic carbocycles. The first-order valence-electron chi connectivity index (χ1n) is 7.40. The zero-order valence-electron chi connectivity index (χ0n) is 13.9. The minimum absolute atomic E-state index is 0.339. The Kier molecular flexibility index (Phi) is 4.92. The van der Waals surface area contributed by atoms with E-state index < -0.39 is 23.5 Å². The Labute approximate surface area is 138 Å². The van der Waals surface area contributed by atoms with Crippen molar-refractivity contribution in [1.29, 1.82) is 0 Å². The Hall–Kier alpha value is -2.83. The van der Waals surface area contributed by atoms with Gasteiger partial charge in [-0.05, 0) is 51.0 Å². The fourth-order valence-electron chi connectivity index (χ4n) is 2.29. The van der Waals surface area contributed by atoms with Crippen LogP contribution in [0.5, 0.6) is 5.75 Å².